The molecule has 0 radical (unpaired) electrons. The highest BCUT2D eigenvalue weighted by Crippen LogP contribution is 2.32. The molecule has 0 fully saturated rings. The fourth-order valence-electron chi connectivity index (χ4n) is 2.18. The molecule has 116 valence electrons. The molecule has 0 aromatic heterocycles. The Hall–Kier alpha value is -2.59. The highest BCUT2D eigenvalue weighted by atomic mass is 35.5. The molecule has 0 saturated carbocycles. The summed E-state index contributed by atoms with van der Waals surface area (Å²) in [5, 5.41) is 27.5. The molecule has 3 rings (SSSR count). The Morgan fingerprint density at radius 1 is 1.09 bits per heavy atom. The van der Waals surface area contributed by atoms with Gasteiger partial charge in [0.15, 0.2) is 0 Å². The highest BCUT2D eigenvalue weighted by Gasteiger charge is 2.33. The van der Waals surface area contributed by atoms with Gasteiger partial charge in [-0.3, -0.25) is 24.9 Å². The van der Waals surface area contributed by atoms with E-state index in [0.717, 1.165) is 6.07 Å². The van der Waals surface area contributed by atoms with Crippen LogP contribution >= 0.6 is 12.4 Å². The van der Waals surface area contributed by atoms with Gasteiger partial charge in [0.1, 0.15) is 0 Å². The summed E-state index contributed by atoms with van der Waals surface area (Å²) >= 11 is 0. The number of nitrogens with two attached hydrogens (primary N) is 1. The van der Waals surface area contributed by atoms with Crippen molar-refractivity contribution in [2.75, 3.05) is 0 Å². The van der Waals surface area contributed by atoms with Crippen LogP contribution in [0.4, 0.5) is 5.69 Å². The summed E-state index contributed by atoms with van der Waals surface area (Å²) in [6.07, 6.45) is 0. The monoisotopic (exact) mass is 327 g/mol. The summed E-state index contributed by atoms with van der Waals surface area (Å²) < 4.78 is 0. The number of nitro groups is 1. The molecule has 0 atom stereocenters. The lowest BCUT2D eigenvalue weighted by Crippen LogP contribution is -2.37. The van der Waals surface area contributed by atoms with Gasteiger partial charge in [-0.25, -0.2) is 5.90 Å². The topological polar surface area (TPSA) is 147 Å². The van der Waals surface area contributed by atoms with Gasteiger partial charge in [-0.15, -0.1) is 17.5 Å². The van der Waals surface area contributed by atoms with E-state index in [1.165, 1.54) is 18.2 Å². The second-order valence-corrected chi connectivity index (χ2v) is 4.08. The zero-order chi connectivity index (χ0) is 15.7. The third kappa shape index (κ3) is 2.49. The Labute approximate surface area is 129 Å². The van der Waals surface area contributed by atoms with Crippen molar-refractivity contribution >= 4 is 40.7 Å². The van der Waals surface area contributed by atoms with Crippen molar-refractivity contribution in [2.45, 2.75) is 0 Å². The molecule has 4 N–H and O–H groups in total. The van der Waals surface area contributed by atoms with Gasteiger partial charge in [0.2, 0.25) is 0 Å². The quantitative estimate of drug-likeness (QED) is 0.311. The molecule has 2 aromatic carbocycles. The molecule has 2 amide bonds. The van der Waals surface area contributed by atoms with Crippen molar-refractivity contribution in [1.29, 1.82) is 0 Å². The van der Waals surface area contributed by atoms with Crippen LogP contribution in [0.5, 0.6) is 0 Å². The van der Waals surface area contributed by atoms with Gasteiger partial charge in [-0.05, 0) is 11.5 Å². The number of hydroxylamine groups is 2. The number of hydrogen-bond donors (Lipinski definition) is 3. The Morgan fingerprint density at radius 3 is 2.27 bits per heavy atom. The second kappa shape index (κ2) is 6.45. The second-order valence-electron chi connectivity index (χ2n) is 4.08. The number of nitrogens with zero attached hydrogens (tertiary/aromatic N) is 2. The first-order valence-electron chi connectivity index (χ1n) is 5.55. The average molecular weight is 328 g/mol. The summed E-state index contributed by atoms with van der Waals surface area (Å²) in [5.41, 5.74) is -0.179. The standard InChI is InChI=1S/C12H6N2O5.ClH.H3NO/c15-11-8-3-1-2-6-4-7(14(18)19)5-9(10(6)8)12(16)13(11)17;;1-2/h1-5,17H;1H;2H,1H2. The summed E-state index contributed by atoms with van der Waals surface area (Å²) in [4.78, 5) is 33.8. The number of nitro benzene ring substituents is 1. The third-order valence-corrected chi connectivity index (χ3v) is 3.02. The molecule has 0 saturated heterocycles. The van der Waals surface area contributed by atoms with E-state index in [1.807, 2.05) is 0 Å². The number of non-ortho nitro benzene ring substituents is 1. The van der Waals surface area contributed by atoms with Crippen LogP contribution in [0.1, 0.15) is 20.7 Å². The average Bonchev–Trinajstić information content (AvgIpc) is 2.51. The van der Waals surface area contributed by atoms with Crippen molar-refractivity contribution in [3.8, 4) is 0 Å². The number of imide groups is 1. The lowest BCUT2D eigenvalue weighted by molar-refractivity contribution is -0.384. The molecule has 9 nitrogen and oxygen atoms in total. The molecule has 10 heteroatoms. The molecule has 0 bridgehead atoms. The first kappa shape index (κ1) is 17.5. The van der Waals surface area contributed by atoms with E-state index in [1.54, 1.807) is 6.07 Å². The molecule has 22 heavy (non-hydrogen) atoms. The van der Waals surface area contributed by atoms with Crippen LogP contribution in [0.3, 0.4) is 0 Å². The van der Waals surface area contributed by atoms with E-state index < -0.39 is 16.7 Å². The van der Waals surface area contributed by atoms with Crippen LogP contribution < -0.4 is 5.90 Å². The normalized spacial score (nSPS) is 12.4. The van der Waals surface area contributed by atoms with Crippen molar-refractivity contribution in [2.24, 2.45) is 5.90 Å². The van der Waals surface area contributed by atoms with E-state index in [0.29, 0.717) is 10.8 Å². The number of carbonyl (C=O) groups is 2. The molecule has 1 heterocycles. The van der Waals surface area contributed by atoms with Crippen molar-refractivity contribution in [3.63, 3.8) is 0 Å². The van der Waals surface area contributed by atoms with Crippen LogP contribution in [0.25, 0.3) is 10.8 Å². The predicted octanol–water partition coefficient (Wildman–Crippen LogP) is 1.49. The lowest BCUT2D eigenvalue weighted by atomic mass is 9.94. The van der Waals surface area contributed by atoms with Crippen LogP contribution in [0.15, 0.2) is 30.3 Å². The van der Waals surface area contributed by atoms with Gasteiger partial charge >= 0.3 is 0 Å². The van der Waals surface area contributed by atoms with Crippen LogP contribution in [0.2, 0.25) is 0 Å². The maximum absolute atomic E-state index is 11.8. The van der Waals surface area contributed by atoms with Gasteiger partial charge in [-0.2, -0.15) is 0 Å². The molecule has 0 aliphatic carbocycles. The maximum Gasteiger partial charge on any atom is 0.285 e. The largest absolute Gasteiger partial charge is 0.320 e. The first-order valence-corrected chi connectivity index (χ1v) is 5.55. The van der Waals surface area contributed by atoms with E-state index in [2.05, 4.69) is 5.90 Å². The number of amides is 2. The summed E-state index contributed by atoms with van der Waals surface area (Å²) in [6, 6.07) is 6.91. The summed E-state index contributed by atoms with van der Waals surface area (Å²) in [6.45, 7) is 0. The molecule has 2 aromatic rings. The first-order chi connectivity index (χ1) is 10.0. The lowest BCUT2D eigenvalue weighted by Gasteiger charge is -2.21. The molecule has 1 aliphatic rings. The number of hydrogen-bond acceptors (Lipinski definition) is 7. The predicted molar refractivity (Wildman–Crippen MR) is 76.1 cm³/mol. The van der Waals surface area contributed by atoms with Gasteiger partial charge < -0.3 is 5.21 Å². The van der Waals surface area contributed by atoms with Crippen molar-refractivity contribution in [1.82, 2.24) is 5.06 Å². The van der Waals surface area contributed by atoms with Crippen molar-refractivity contribution < 1.29 is 24.9 Å². The minimum atomic E-state index is -0.961. The van der Waals surface area contributed by atoms with Gasteiger partial charge in [-0.1, -0.05) is 12.1 Å². The van der Waals surface area contributed by atoms with E-state index in [-0.39, 0.29) is 34.3 Å². The van der Waals surface area contributed by atoms with Gasteiger partial charge in [0, 0.05) is 17.5 Å². The summed E-state index contributed by atoms with van der Waals surface area (Å²) in [7, 11) is 0. The Bertz CT molecular complexity index is 779. The minimum absolute atomic E-state index is 0. The zero-order valence-corrected chi connectivity index (χ0v) is 11.6. The number of benzene rings is 2. The molecular formula is C12H10ClN3O6. The van der Waals surface area contributed by atoms with E-state index >= 15 is 0 Å². The maximum atomic E-state index is 11.8. The zero-order valence-electron chi connectivity index (χ0n) is 10.8. The molecule has 0 unspecified atom stereocenters. The molecule has 0 spiro atoms. The highest BCUT2D eigenvalue weighted by molar-refractivity contribution is 6.25. The smallest absolute Gasteiger partial charge is 0.285 e. The van der Waals surface area contributed by atoms with Crippen LogP contribution in [-0.2, 0) is 0 Å². The minimum Gasteiger partial charge on any atom is -0.320 e. The Morgan fingerprint density at radius 2 is 1.68 bits per heavy atom. The number of rotatable bonds is 1. The molecular weight excluding hydrogens is 318 g/mol. The third-order valence-electron chi connectivity index (χ3n) is 3.02. The summed E-state index contributed by atoms with van der Waals surface area (Å²) in [5.74, 6) is 1.70. The van der Waals surface area contributed by atoms with Crippen LogP contribution in [0, 0.1) is 10.1 Å². The Balaban J connectivity index is 0.000000775. The SMILES string of the molecule is Cl.NO.O=C1c2cccc3cc([N+](=O)[O-])cc(c23)C(=O)N1O. The fourth-order valence-corrected chi connectivity index (χ4v) is 2.18. The van der Waals surface area contributed by atoms with Crippen LogP contribution in [-0.4, -0.2) is 32.2 Å². The molecule has 1 aliphatic heterocycles. The van der Waals surface area contributed by atoms with Gasteiger partial charge in [0.25, 0.3) is 17.5 Å². The Kier molecular flexibility index (Phi) is 5.12. The van der Waals surface area contributed by atoms with Gasteiger partial charge in [0.05, 0.1) is 16.1 Å². The van der Waals surface area contributed by atoms with Crippen molar-refractivity contribution in [3.05, 3.63) is 51.6 Å². The number of halogens is 1. The fraction of sp³-hybridized carbons (Fsp3) is 0. The number of carbonyl (C=O) groups excluding carboxylic acids is 2. The van der Waals surface area contributed by atoms with E-state index in [4.69, 9.17) is 5.21 Å². The van der Waals surface area contributed by atoms with E-state index in [9.17, 15) is 24.9 Å².